The van der Waals surface area contributed by atoms with Crippen molar-refractivity contribution < 1.29 is 23.9 Å². The molecule has 5 rings (SSSR count). The van der Waals surface area contributed by atoms with Gasteiger partial charge in [-0.15, -0.1) is 0 Å². The zero-order chi connectivity index (χ0) is 25.9. The molecule has 2 aromatic rings. The number of carbonyl (C=O) groups is 3. The van der Waals surface area contributed by atoms with Crippen LogP contribution in [-0.4, -0.2) is 61.2 Å². The van der Waals surface area contributed by atoms with E-state index in [1.807, 2.05) is 31.2 Å². The molecule has 0 bridgehead atoms. The number of likely N-dealkylation sites (N-methyl/N-ethyl adjacent to an activating group) is 1. The second kappa shape index (κ2) is 10.8. The van der Waals surface area contributed by atoms with Gasteiger partial charge in [0.25, 0.3) is 5.91 Å². The number of hydrogen-bond acceptors (Lipinski definition) is 5. The quantitative estimate of drug-likeness (QED) is 0.550. The first-order chi connectivity index (χ1) is 17.9. The Balaban J connectivity index is 1.23. The maximum atomic E-state index is 13.4. The van der Waals surface area contributed by atoms with Gasteiger partial charge in [-0.05, 0) is 68.4 Å². The predicted octanol–water partition coefficient (Wildman–Crippen LogP) is 3.94. The lowest BCUT2D eigenvalue weighted by Gasteiger charge is -2.42. The van der Waals surface area contributed by atoms with Crippen LogP contribution in [0, 0.1) is 12.8 Å². The minimum Gasteiger partial charge on any atom is -0.490 e. The summed E-state index contributed by atoms with van der Waals surface area (Å²) in [5.41, 5.74) is 2.54. The number of aryl methyl sites for hydroxylation is 1. The van der Waals surface area contributed by atoms with Gasteiger partial charge in [0.1, 0.15) is 18.5 Å². The lowest BCUT2D eigenvalue weighted by atomic mass is 9.94. The van der Waals surface area contributed by atoms with E-state index in [9.17, 15) is 14.4 Å². The number of ether oxygens (including phenoxy) is 2. The Bertz CT molecular complexity index is 1180. The molecule has 0 aromatic heterocycles. The number of anilines is 2. The normalized spacial score (nSPS) is 23.0. The van der Waals surface area contributed by atoms with Crippen LogP contribution in [0.25, 0.3) is 0 Å². The molecular formula is C28H34N4O5. The fourth-order valence-electron chi connectivity index (χ4n) is 4.96. The molecule has 2 aromatic carbocycles. The topological polar surface area (TPSA) is 109 Å². The molecule has 9 heteroatoms. The Morgan fingerprint density at radius 2 is 1.86 bits per heavy atom. The van der Waals surface area contributed by atoms with Crippen molar-refractivity contribution in [1.29, 1.82) is 0 Å². The standard InChI is InChI=1S/C28H34N4O5/c1-17-5-3-4-6-22(17)31-28(35)30-19-9-12-24-21(13-19)27(34)32(2)23-11-10-20(37-25(23)16-36-24)14-26(33)29-15-18-7-8-18/h3-6,9,12-13,18,20,23,25H,7-8,10-11,14-16H2,1-2H3,(H,29,33)(H2,30,31,35)/t20-,23+,25-/m0/s1. The summed E-state index contributed by atoms with van der Waals surface area (Å²) in [6.07, 6.45) is 3.62. The van der Waals surface area contributed by atoms with Crippen LogP contribution in [0.5, 0.6) is 5.75 Å². The van der Waals surface area contributed by atoms with Gasteiger partial charge in [0, 0.05) is 25.0 Å². The van der Waals surface area contributed by atoms with E-state index in [1.165, 1.54) is 12.8 Å². The number of rotatable bonds is 6. The highest BCUT2D eigenvalue weighted by atomic mass is 16.5. The van der Waals surface area contributed by atoms with Crippen molar-refractivity contribution in [3.8, 4) is 5.75 Å². The molecule has 1 saturated heterocycles. The monoisotopic (exact) mass is 506 g/mol. The minimum absolute atomic E-state index is 0.0170. The zero-order valence-corrected chi connectivity index (χ0v) is 21.3. The molecule has 0 radical (unpaired) electrons. The molecule has 2 aliphatic heterocycles. The molecule has 2 heterocycles. The summed E-state index contributed by atoms with van der Waals surface area (Å²) in [5, 5.41) is 8.63. The van der Waals surface area contributed by atoms with Gasteiger partial charge < -0.3 is 30.3 Å². The van der Waals surface area contributed by atoms with Crippen molar-refractivity contribution in [1.82, 2.24) is 10.2 Å². The molecule has 1 aliphatic carbocycles. The summed E-state index contributed by atoms with van der Waals surface area (Å²) < 4.78 is 12.3. The lowest BCUT2D eigenvalue weighted by Crippen LogP contribution is -2.54. The molecule has 3 atom stereocenters. The van der Waals surface area contributed by atoms with Crippen LogP contribution in [0.2, 0.25) is 0 Å². The molecule has 0 unspecified atom stereocenters. The fraction of sp³-hybridized carbons (Fsp3) is 0.464. The van der Waals surface area contributed by atoms with E-state index in [4.69, 9.17) is 9.47 Å². The van der Waals surface area contributed by atoms with E-state index in [0.717, 1.165) is 18.5 Å². The first-order valence-corrected chi connectivity index (χ1v) is 13.0. The largest absolute Gasteiger partial charge is 0.490 e. The van der Waals surface area contributed by atoms with Crippen molar-refractivity contribution in [2.75, 3.05) is 30.8 Å². The Hall–Kier alpha value is -3.59. The third kappa shape index (κ3) is 6.05. The molecule has 0 spiro atoms. The van der Waals surface area contributed by atoms with Crippen LogP contribution in [-0.2, 0) is 9.53 Å². The Morgan fingerprint density at radius 3 is 2.65 bits per heavy atom. The highest BCUT2D eigenvalue weighted by Crippen LogP contribution is 2.33. The lowest BCUT2D eigenvalue weighted by molar-refractivity contribution is -0.134. The van der Waals surface area contributed by atoms with Crippen LogP contribution >= 0.6 is 0 Å². The number of carbonyl (C=O) groups excluding carboxylic acids is 3. The van der Waals surface area contributed by atoms with Gasteiger partial charge in [-0.1, -0.05) is 18.2 Å². The number of nitrogens with one attached hydrogen (secondary N) is 3. The highest BCUT2D eigenvalue weighted by Gasteiger charge is 2.39. The number of hydrogen-bond donors (Lipinski definition) is 3. The van der Waals surface area contributed by atoms with Crippen LogP contribution in [0.4, 0.5) is 16.2 Å². The molecular weight excluding hydrogens is 472 g/mol. The second-order valence-electron chi connectivity index (χ2n) is 10.2. The minimum atomic E-state index is -0.394. The zero-order valence-electron chi connectivity index (χ0n) is 21.3. The summed E-state index contributed by atoms with van der Waals surface area (Å²) in [7, 11) is 1.77. The number of fused-ring (bicyclic) bond motifs is 2. The maximum Gasteiger partial charge on any atom is 0.323 e. The molecule has 3 N–H and O–H groups in total. The van der Waals surface area contributed by atoms with Gasteiger partial charge in [0.2, 0.25) is 5.91 Å². The first kappa shape index (κ1) is 25.1. The predicted molar refractivity (Wildman–Crippen MR) is 140 cm³/mol. The second-order valence-corrected chi connectivity index (χ2v) is 10.2. The third-order valence-electron chi connectivity index (χ3n) is 7.36. The number of urea groups is 1. The van der Waals surface area contributed by atoms with E-state index in [2.05, 4.69) is 16.0 Å². The third-order valence-corrected chi connectivity index (χ3v) is 7.36. The van der Waals surface area contributed by atoms with Gasteiger partial charge in [-0.3, -0.25) is 9.59 Å². The van der Waals surface area contributed by atoms with Gasteiger partial charge >= 0.3 is 6.03 Å². The summed E-state index contributed by atoms with van der Waals surface area (Å²) in [4.78, 5) is 40.0. The van der Waals surface area contributed by atoms with Gasteiger partial charge in [0.05, 0.1) is 24.1 Å². The number of para-hydroxylation sites is 1. The summed E-state index contributed by atoms with van der Waals surface area (Å²) in [5.74, 6) is 0.894. The number of nitrogens with zero attached hydrogens (tertiary/aromatic N) is 1. The first-order valence-electron chi connectivity index (χ1n) is 13.0. The van der Waals surface area contributed by atoms with Gasteiger partial charge in [-0.2, -0.15) is 0 Å². The van der Waals surface area contributed by atoms with E-state index in [-0.39, 0.29) is 36.7 Å². The van der Waals surface area contributed by atoms with Gasteiger partial charge in [0.15, 0.2) is 0 Å². The van der Waals surface area contributed by atoms with E-state index < -0.39 is 6.03 Å². The average molecular weight is 507 g/mol. The molecule has 37 heavy (non-hydrogen) atoms. The van der Waals surface area contributed by atoms with E-state index in [0.29, 0.717) is 41.4 Å². The highest BCUT2D eigenvalue weighted by molar-refractivity contribution is 6.02. The van der Waals surface area contributed by atoms with Crippen LogP contribution < -0.4 is 20.7 Å². The van der Waals surface area contributed by atoms with Crippen molar-refractivity contribution >= 4 is 29.2 Å². The molecule has 196 valence electrons. The van der Waals surface area contributed by atoms with Gasteiger partial charge in [-0.25, -0.2) is 4.79 Å². The Kier molecular flexibility index (Phi) is 7.32. The molecule has 4 amide bonds. The number of benzene rings is 2. The van der Waals surface area contributed by atoms with E-state index >= 15 is 0 Å². The average Bonchev–Trinajstić information content (AvgIpc) is 3.71. The fourth-order valence-corrected chi connectivity index (χ4v) is 4.96. The van der Waals surface area contributed by atoms with Crippen molar-refractivity contribution in [3.63, 3.8) is 0 Å². The van der Waals surface area contributed by atoms with Crippen molar-refractivity contribution in [2.45, 2.75) is 57.3 Å². The molecule has 2 fully saturated rings. The molecule has 9 nitrogen and oxygen atoms in total. The smallest absolute Gasteiger partial charge is 0.323 e. The summed E-state index contributed by atoms with van der Waals surface area (Å²) in [6.45, 7) is 2.94. The maximum absolute atomic E-state index is 13.4. The van der Waals surface area contributed by atoms with Crippen LogP contribution in [0.15, 0.2) is 42.5 Å². The molecule has 3 aliphatic rings. The summed E-state index contributed by atoms with van der Waals surface area (Å²) in [6, 6.07) is 12.0. The van der Waals surface area contributed by atoms with E-state index in [1.54, 1.807) is 30.1 Å². The van der Waals surface area contributed by atoms with Crippen molar-refractivity contribution in [2.24, 2.45) is 5.92 Å². The van der Waals surface area contributed by atoms with Crippen LogP contribution in [0.3, 0.4) is 0 Å². The Labute approximate surface area is 216 Å². The van der Waals surface area contributed by atoms with Crippen molar-refractivity contribution in [3.05, 3.63) is 53.6 Å². The SMILES string of the molecule is Cc1ccccc1NC(=O)Nc1ccc2c(c1)C(=O)N(C)[C@@H]1CC[C@@H](CC(=O)NCC3CC3)O[C@H]1CO2. The van der Waals surface area contributed by atoms with Crippen LogP contribution in [0.1, 0.15) is 48.0 Å². The Morgan fingerprint density at radius 1 is 1.05 bits per heavy atom. The number of amides is 4. The summed E-state index contributed by atoms with van der Waals surface area (Å²) >= 11 is 0. The molecule has 1 saturated carbocycles.